The van der Waals surface area contributed by atoms with Crippen LogP contribution in [0.4, 0.5) is 0 Å². The number of nitrogens with one attached hydrogen (secondary N) is 1. The number of H-pyrrole nitrogens is 1. The molecular weight excluding hydrogens is 286 g/mol. The third kappa shape index (κ3) is 2.33. The molecule has 1 saturated carbocycles. The van der Waals surface area contributed by atoms with E-state index in [4.69, 9.17) is 4.74 Å². The number of carbonyl (C=O) groups is 1. The molecule has 0 saturated heterocycles. The lowest BCUT2D eigenvalue weighted by Gasteiger charge is -2.10. The van der Waals surface area contributed by atoms with Crippen LogP contribution in [-0.2, 0) is 0 Å². The van der Waals surface area contributed by atoms with Gasteiger partial charge in [0, 0.05) is 22.4 Å². The van der Waals surface area contributed by atoms with E-state index >= 15 is 0 Å². The van der Waals surface area contributed by atoms with Gasteiger partial charge in [0.25, 0.3) is 0 Å². The molecule has 0 atom stereocenters. The predicted molar refractivity (Wildman–Crippen MR) is 92.1 cm³/mol. The highest BCUT2D eigenvalue weighted by Gasteiger charge is 2.34. The molecule has 2 aromatic carbocycles. The van der Waals surface area contributed by atoms with Crippen LogP contribution >= 0.6 is 0 Å². The van der Waals surface area contributed by atoms with Crippen LogP contribution in [0.5, 0.6) is 5.75 Å². The average molecular weight is 305 g/mol. The van der Waals surface area contributed by atoms with Crippen molar-refractivity contribution in [2.75, 3.05) is 7.11 Å². The number of ether oxygens (including phenoxy) is 1. The molecule has 1 aliphatic rings. The minimum absolute atomic E-state index is 0.184. The summed E-state index contributed by atoms with van der Waals surface area (Å²) in [6, 6.07) is 14.1. The second kappa shape index (κ2) is 5.27. The minimum atomic E-state index is 0.184. The van der Waals surface area contributed by atoms with Gasteiger partial charge in [-0.3, -0.25) is 4.79 Å². The smallest absolute Gasteiger partial charge is 0.168 e. The molecule has 1 heterocycles. The van der Waals surface area contributed by atoms with Gasteiger partial charge in [0.05, 0.1) is 18.4 Å². The summed E-state index contributed by atoms with van der Waals surface area (Å²) >= 11 is 0. The van der Waals surface area contributed by atoms with Gasteiger partial charge in [-0.1, -0.05) is 29.8 Å². The van der Waals surface area contributed by atoms with Gasteiger partial charge in [-0.2, -0.15) is 0 Å². The molecule has 0 amide bonds. The van der Waals surface area contributed by atoms with Crippen LogP contribution in [0.1, 0.15) is 28.8 Å². The standard InChI is InChI=1S/C20H19NO2/c1-12-7-10-17(23-2)15(11-12)19-18(20(22)13-8-9-13)14-5-3-4-6-16(14)21-19/h3-7,10-11,13,21H,8-9H2,1-2H3. The van der Waals surface area contributed by atoms with Crippen LogP contribution in [-0.4, -0.2) is 17.9 Å². The maximum Gasteiger partial charge on any atom is 0.168 e. The third-order valence-corrected chi connectivity index (χ3v) is 4.52. The second-order valence-electron chi connectivity index (χ2n) is 6.26. The molecule has 3 aromatic rings. The summed E-state index contributed by atoms with van der Waals surface area (Å²) in [4.78, 5) is 16.3. The maximum absolute atomic E-state index is 12.9. The normalized spacial score (nSPS) is 14.2. The molecule has 4 rings (SSSR count). The molecule has 1 aromatic heterocycles. The molecule has 1 aliphatic carbocycles. The monoisotopic (exact) mass is 305 g/mol. The van der Waals surface area contributed by atoms with E-state index in [2.05, 4.69) is 11.1 Å². The molecular formula is C20H19NO2. The van der Waals surface area contributed by atoms with Gasteiger partial charge in [-0.25, -0.2) is 0 Å². The number of ketones is 1. The quantitative estimate of drug-likeness (QED) is 0.707. The molecule has 0 aliphatic heterocycles. The Morgan fingerprint density at radius 3 is 2.70 bits per heavy atom. The number of aromatic amines is 1. The highest BCUT2D eigenvalue weighted by Crippen LogP contribution is 2.41. The Hall–Kier alpha value is -2.55. The van der Waals surface area contributed by atoms with Crippen LogP contribution in [0.3, 0.4) is 0 Å². The molecule has 3 nitrogen and oxygen atoms in total. The van der Waals surface area contributed by atoms with E-state index in [1.54, 1.807) is 7.11 Å². The first-order valence-corrected chi connectivity index (χ1v) is 7.99. The Morgan fingerprint density at radius 2 is 1.96 bits per heavy atom. The van der Waals surface area contributed by atoms with Gasteiger partial charge in [-0.05, 0) is 38.0 Å². The molecule has 3 heteroatoms. The summed E-state index contributed by atoms with van der Waals surface area (Å²) < 4.78 is 5.53. The van der Waals surface area contributed by atoms with Gasteiger partial charge in [-0.15, -0.1) is 0 Å². The molecule has 0 unspecified atom stereocenters. The predicted octanol–water partition coefficient (Wildman–Crippen LogP) is 4.74. The zero-order chi connectivity index (χ0) is 16.0. The van der Waals surface area contributed by atoms with Crippen LogP contribution in [0.25, 0.3) is 22.2 Å². The highest BCUT2D eigenvalue weighted by atomic mass is 16.5. The van der Waals surface area contributed by atoms with E-state index in [-0.39, 0.29) is 11.7 Å². The lowest BCUT2D eigenvalue weighted by Crippen LogP contribution is -2.03. The fourth-order valence-electron chi connectivity index (χ4n) is 3.17. The number of rotatable bonds is 4. The van der Waals surface area contributed by atoms with Gasteiger partial charge >= 0.3 is 0 Å². The summed E-state index contributed by atoms with van der Waals surface area (Å²) in [6.45, 7) is 2.05. The van der Waals surface area contributed by atoms with E-state index in [1.807, 2.05) is 43.3 Å². The van der Waals surface area contributed by atoms with E-state index < -0.39 is 0 Å². The van der Waals surface area contributed by atoms with Crippen molar-refractivity contribution in [3.63, 3.8) is 0 Å². The number of Topliss-reactive ketones (excluding diaryl/α,β-unsaturated/α-hetero) is 1. The van der Waals surface area contributed by atoms with Crippen molar-refractivity contribution in [2.24, 2.45) is 5.92 Å². The number of aryl methyl sites for hydroxylation is 1. The van der Waals surface area contributed by atoms with E-state index in [9.17, 15) is 4.79 Å². The van der Waals surface area contributed by atoms with Crippen molar-refractivity contribution < 1.29 is 9.53 Å². The lowest BCUT2D eigenvalue weighted by atomic mass is 9.98. The Labute approximate surface area is 135 Å². The molecule has 23 heavy (non-hydrogen) atoms. The largest absolute Gasteiger partial charge is 0.496 e. The number of methoxy groups -OCH3 is 1. The van der Waals surface area contributed by atoms with Crippen LogP contribution < -0.4 is 4.74 Å². The number of fused-ring (bicyclic) bond motifs is 1. The number of aromatic nitrogens is 1. The van der Waals surface area contributed by atoms with Crippen molar-refractivity contribution in [3.05, 3.63) is 53.6 Å². The van der Waals surface area contributed by atoms with Gasteiger partial charge in [0.15, 0.2) is 5.78 Å². The van der Waals surface area contributed by atoms with E-state index in [0.717, 1.165) is 51.9 Å². The molecule has 0 radical (unpaired) electrons. The van der Waals surface area contributed by atoms with Gasteiger partial charge in [0.2, 0.25) is 0 Å². The molecule has 1 fully saturated rings. The first kappa shape index (κ1) is 14.1. The Morgan fingerprint density at radius 1 is 1.17 bits per heavy atom. The second-order valence-corrected chi connectivity index (χ2v) is 6.26. The molecule has 0 spiro atoms. The van der Waals surface area contributed by atoms with Crippen molar-refractivity contribution in [1.82, 2.24) is 4.98 Å². The summed E-state index contributed by atoms with van der Waals surface area (Å²) in [6.07, 6.45) is 2.01. The summed E-state index contributed by atoms with van der Waals surface area (Å²) in [7, 11) is 1.67. The number of hydrogen-bond acceptors (Lipinski definition) is 2. The van der Waals surface area contributed by atoms with Crippen molar-refractivity contribution in [3.8, 4) is 17.0 Å². The molecule has 1 N–H and O–H groups in total. The summed E-state index contributed by atoms with van der Waals surface area (Å²) in [5.41, 5.74) is 4.78. The minimum Gasteiger partial charge on any atom is -0.496 e. The van der Waals surface area contributed by atoms with Crippen molar-refractivity contribution in [2.45, 2.75) is 19.8 Å². The van der Waals surface area contributed by atoms with Gasteiger partial charge < -0.3 is 9.72 Å². The molecule has 116 valence electrons. The first-order chi connectivity index (χ1) is 11.2. The van der Waals surface area contributed by atoms with E-state index in [1.165, 1.54) is 0 Å². The number of carbonyl (C=O) groups excluding carboxylic acids is 1. The fourth-order valence-corrected chi connectivity index (χ4v) is 3.17. The zero-order valence-corrected chi connectivity index (χ0v) is 13.3. The van der Waals surface area contributed by atoms with Crippen LogP contribution in [0.15, 0.2) is 42.5 Å². The fraction of sp³-hybridized carbons (Fsp3) is 0.250. The topological polar surface area (TPSA) is 42.1 Å². The first-order valence-electron chi connectivity index (χ1n) is 7.99. The number of para-hydroxylation sites is 1. The number of benzene rings is 2. The highest BCUT2D eigenvalue weighted by molar-refractivity contribution is 6.15. The van der Waals surface area contributed by atoms with Crippen LogP contribution in [0.2, 0.25) is 0 Å². The molecule has 0 bridgehead atoms. The van der Waals surface area contributed by atoms with Gasteiger partial charge in [0.1, 0.15) is 5.75 Å². The zero-order valence-electron chi connectivity index (χ0n) is 13.3. The number of hydrogen-bond donors (Lipinski definition) is 1. The summed E-state index contributed by atoms with van der Waals surface area (Å²) in [5, 5.41) is 1.00. The SMILES string of the molecule is COc1ccc(C)cc1-c1[nH]c2ccccc2c1C(=O)C1CC1. The average Bonchev–Trinajstić information content (AvgIpc) is 3.34. The van der Waals surface area contributed by atoms with Crippen molar-refractivity contribution >= 4 is 16.7 Å². The maximum atomic E-state index is 12.9. The van der Waals surface area contributed by atoms with Crippen LogP contribution in [0, 0.1) is 12.8 Å². The van der Waals surface area contributed by atoms with Crippen molar-refractivity contribution in [1.29, 1.82) is 0 Å². The Bertz CT molecular complexity index is 903. The Balaban J connectivity index is 2.01. The van der Waals surface area contributed by atoms with E-state index in [0.29, 0.717) is 0 Å². The lowest BCUT2D eigenvalue weighted by molar-refractivity contribution is 0.0970. The Kier molecular flexibility index (Phi) is 3.22. The third-order valence-electron chi connectivity index (χ3n) is 4.52. The summed E-state index contributed by atoms with van der Waals surface area (Å²) in [5.74, 6) is 1.22.